The Labute approximate surface area is 79.7 Å². The summed E-state index contributed by atoms with van der Waals surface area (Å²) in [6.45, 7) is 1.41. The number of rotatable bonds is 1. The average Bonchev–Trinajstić information content (AvgIpc) is 2.48. The first-order valence-electron chi connectivity index (χ1n) is 4.26. The largest absolute Gasteiger partial charge is 0.381 e. The van der Waals surface area contributed by atoms with Gasteiger partial charge in [-0.2, -0.15) is 0 Å². The maximum atomic E-state index is 11.3. The van der Waals surface area contributed by atoms with Crippen molar-refractivity contribution in [1.29, 1.82) is 0 Å². The highest BCUT2D eigenvalue weighted by Gasteiger charge is 2.18. The number of hydrogen-bond donors (Lipinski definition) is 2. The number of aromatic amines is 2. The summed E-state index contributed by atoms with van der Waals surface area (Å²) >= 11 is 4.99. The Morgan fingerprint density at radius 3 is 2.62 bits per heavy atom. The molecule has 5 nitrogen and oxygen atoms in total. The monoisotopic (exact) mass is 201 g/mol. The predicted octanol–water partition coefficient (Wildman–Crippen LogP) is 0.585. The summed E-state index contributed by atoms with van der Waals surface area (Å²) in [5.74, 6) is 0. The zero-order valence-electron chi connectivity index (χ0n) is 7.08. The highest BCUT2D eigenvalue weighted by atomic mass is 32.1. The molecular formula is C7H11N3O2S. The van der Waals surface area contributed by atoms with Crippen LogP contribution in [0, 0.1) is 4.77 Å². The summed E-state index contributed by atoms with van der Waals surface area (Å²) in [4.78, 5) is 11.3. The maximum Gasteiger partial charge on any atom is 0.342 e. The summed E-state index contributed by atoms with van der Waals surface area (Å²) in [5, 5.41) is 5.11. The number of nitrogens with one attached hydrogen (secondary N) is 2. The van der Waals surface area contributed by atoms with E-state index in [9.17, 15) is 4.79 Å². The van der Waals surface area contributed by atoms with Crippen LogP contribution in [0.5, 0.6) is 0 Å². The molecule has 1 aliphatic rings. The van der Waals surface area contributed by atoms with Crippen LogP contribution in [0.2, 0.25) is 0 Å². The lowest BCUT2D eigenvalue weighted by Gasteiger charge is -2.21. The molecule has 0 saturated carbocycles. The van der Waals surface area contributed by atoms with Gasteiger partial charge in [0.2, 0.25) is 0 Å². The molecule has 0 bridgehead atoms. The van der Waals surface area contributed by atoms with E-state index in [0.29, 0.717) is 18.0 Å². The highest BCUT2D eigenvalue weighted by molar-refractivity contribution is 7.71. The van der Waals surface area contributed by atoms with Gasteiger partial charge in [-0.1, -0.05) is 0 Å². The van der Waals surface area contributed by atoms with Crippen LogP contribution >= 0.6 is 12.2 Å². The van der Waals surface area contributed by atoms with Gasteiger partial charge >= 0.3 is 5.69 Å². The van der Waals surface area contributed by atoms with Gasteiger partial charge in [-0.3, -0.25) is 9.67 Å². The minimum absolute atomic E-state index is 0.156. The van der Waals surface area contributed by atoms with Crippen molar-refractivity contribution in [2.24, 2.45) is 0 Å². The lowest BCUT2D eigenvalue weighted by atomic mass is 10.1. The van der Waals surface area contributed by atoms with E-state index in [1.807, 2.05) is 0 Å². The second-order valence-electron chi connectivity index (χ2n) is 3.07. The molecule has 1 aromatic heterocycles. The zero-order chi connectivity index (χ0) is 9.26. The van der Waals surface area contributed by atoms with E-state index < -0.39 is 0 Å². The molecule has 0 aliphatic carbocycles. The summed E-state index contributed by atoms with van der Waals surface area (Å²) in [6.07, 6.45) is 1.71. The van der Waals surface area contributed by atoms with E-state index >= 15 is 0 Å². The van der Waals surface area contributed by atoms with Crippen molar-refractivity contribution < 1.29 is 4.74 Å². The molecule has 0 amide bonds. The third-order valence-corrected chi connectivity index (χ3v) is 2.57. The van der Waals surface area contributed by atoms with Gasteiger partial charge < -0.3 is 4.74 Å². The second kappa shape index (κ2) is 3.47. The van der Waals surface area contributed by atoms with Gasteiger partial charge in [-0.15, -0.1) is 0 Å². The lowest BCUT2D eigenvalue weighted by molar-refractivity contribution is 0.0683. The van der Waals surface area contributed by atoms with Gasteiger partial charge in [0, 0.05) is 19.3 Å². The quantitative estimate of drug-likeness (QED) is 0.653. The van der Waals surface area contributed by atoms with Crippen molar-refractivity contribution in [1.82, 2.24) is 14.8 Å². The third kappa shape index (κ3) is 1.59. The molecule has 0 spiro atoms. The Kier molecular flexibility index (Phi) is 2.32. The van der Waals surface area contributed by atoms with E-state index in [0.717, 1.165) is 12.8 Å². The Balaban J connectivity index is 2.33. The first-order valence-corrected chi connectivity index (χ1v) is 4.67. The highest BCUT2D eigenvalue weighted by Crippen LogP contribution is 2.18. The summed E-state index contributed by atoms with van der Waals surface area (Å²) in [7, 11) is 0. The summed E-state index contributed by atoms with van der Waals surface area (Å²) < 4.78 is 7.27. The fraction of sp³-hybridized carbons (Fsp3) is 0.714. The summed E-state index contributed by atoms with van der Waals surface area (Å²) in [5.41, 5.74) is -0.156. The van der Waals surface area contributed by atoms with E-state index in [2.05, 4.69) is 10.2 Å². The molecule has 0 atom stereocenters. The molecule has 2 heterocycles. The van der Waals surface area contributed by atoms with E-state index in [1.165, 1.54) is 0 Å². The fourth-order valence-corrected chi connectivity index (χ4v) is 1.88. The van der Waals surface area contributed by atoms with Crippen molar-refractivity contribution in [3.05, 3.63) is 15.3 Å². The molecule has 2 rings (SSSR count). The van der Waals surface area contributed by atoms with Crippen LogP contribution < -0.4 is 5.69 Å². The van der Waals surface area contributed by atoms with Crippen molar-refractivity contribution in [3.63, 3.8) is 0 Å². The first-order chi connectivity index (χ1) is 6.29. The molecule has 0 unspecified atom stereocenters. The molecule has 1 fully saturated rings. The number of aromatic nitrogens is 3. The van der Waals surface area contributed by atoms with Crippen molar-refractivity contribution in [3.8, 4) is 0 Å². The molecular weight excluding hydrogens is 190 g/mol. The number of hydrogen-bond acceptors (Lipinski definition) is 3. The SMILES string of the molecule is O=c1[nH][nH]c(=S)n1C1CCOCC1. The second-order valence-corrected chi connectivity index (χ2v) is 3.46. The maximum absolute atomic E-state index is 11.3. The van der Waals surface area contributed by atoms with Gasteiger partial charge in [0.25, 0.3) is 0 Å². The molecule has 1 aromatic rings. The standard InChI is InChI=1S/C7H11N3O2S/c11-6-8-9-7(13)10(6)5-1-3-12-4-2-5/h5H,1-4H2,(H,8,11)(H,9,13). The smallest absolute Gasteiger partial charge is 0.342 e. The Hall–Kier alpha value is -0.880. The lowest BCUT2D eigenvalue weighted by Crippen LogP contribution is -2.27. The molecule has 0 aromatic carbocycles. The van der Waals surface area contributed by atoms with Gasteiger partial charge in [-0.25, -0.2) is 9.89 Å². The van der Waals surface area contributed by atoms with Gasteiger partial charge in [0.1, 0.15) is 0 Å². The van der Waals surface area contributed by atoms with Crippen LogP contribution in [-0.4, -0.2) is 28.0 Å². The van der Waals surface area contributed by atoms with Crippen molar-refractivity contribution in [2.45, 2.75) is 18.9 Å². The molecule has 0 radical (unpaired) electrons. The van der Waals surface area contributed by atoms with Crippen LogP contribution in [0.3, 0.4) is 0 Å². The van der Waals surface area contributed by atoms with E-state index in [4.69, 9.17) is 17.0 Å². The van der Waals surface area contributed by atoms with Crippen LogP contribution in [0.4, 0.5) is 0 Å². The van der Waals surface area contributed by atoms with Gasteiger partial charge in [0.05, 0.1) is 0 Å². The molecule has 6 heteroatoms. The van der Waals surface area contributed by atoms with Gasteiger partial charge in [-0.05, 0) is 25.1 Å². The molecule has 13 heavy (non-hydrogen) atoms. The molecule has 72 valence electrons. The van der Waals surface area contributed by atoms with Crippen LogP contribution in [-0.2, 0) is 4.74 Å². The first kappa shape index (κ1) is 8.71. The van der Waals surface area contributed by atoms with Crippen LogP contribution in [0.1, 0.15) is 18.9 Å². The predicted molar refractivity (Wildman–Crippen MR) is 49.3 cm³/mol. The molecule has 1 aliphatic heterocycles. The third-order valence-electron chi connectivity index (χ3n) is 2.27. The molecule has 1 saturated heterocycles. The number of ether oxygens (including phenoxy) is 1. The van der Waals surface area contributed by atoms with Crippen molar-refractivity contribution in [2.75, 3.05) is 13.2 Å². The number of nitrogens with zero attached hydrogens (tertiary/aromatic N) is 1. The topological polar surface area (TPSA) is 62.8 Å². The van der Waals surface area contributed by atoms with E-state index in [-0.39, 0.29) is 11.7 Å². The van der Waals surface area contributed by atoms with Crippen molar-refractivity contribution >= 4 is 12.2 Å². The Morgan fingerprint density at radius 2 is 2.08 bits per heavy atom. The van der Waals surface area contributed by atoms with Crippen LogP contribution in [0.25, 0.3) is 0 Å². The zero-order valence-corrected chi connectivity index (χ0v) is 7.89. The minimum atomic E-state index is -0.156. The fourth-order valence-electron chi connectivity index (χ4n) is 1.59. The van der Waals surface area contributed by atoms with Crippen LogP contribution in [0.15, 0.2) is 4.79 Å². The minimum Gasteiger partial charge on any atom is -0.381 e. The van der Waals surface area contributed by atoms with E-state index in [1.54, 1.807) is 4.57 Å². The average molecular weight is 201 g/mol. The molecule has 2 N–H and O–H groups in total. The normalized spacial score (nSPS) is 19.1. The number of H-pyrrole nitrogens is 2. The Morgan fingerprint density at radius 1 is 1.38 bits per heavy atom. The van der Waals surface area contributed by atoms with Gasteiger partial charge in [0.15, 0.2) is 4.77 Å². The Bertz CT molecular complexity index is 357. The summed E-state index contributed by atoms with van der Waals surface area (Å²) in [6, 6.07) is 0.191.